The van der Waals surface area contributed by atoms with E-state index in [1.54, 1.807) is 20.4 Å². The smallest absolute Gasteiger partial charge is 0.162 e. The van der Waals surface area contributed by atoms with Crippen LogP contribution in [0.4, 0.5) is 11.4 Å². The SMILES string of the molecule is CC(C)c1cccc(OCc2ccccc2C#N)c1.COc1cc2nccc(Nc3ccc(C)cc3)c2cc1OC. The maximum atomic E-state index is 9.03. The Kier molecular flexibility index (Phi) is 9.80. The molecule has 208 valence electrons. The Hall–Kier alpha value is -5.02. The summed E-state index contributed by atoms with van der Waals surface area (Å²) in [5, 5.41) is 13.4. The van der Waals surface area contributed by atoms with E-state index < -0.39 is 0 Å². The summed E-state index contributed by atoms with van der Waals surface area (Å²) >= 11 is 0. The van der Waals surface area contributed by atoms with Crippen LogP contribution in [-0.4, -0.2) is 19.2 Å². The quantitative estimate of drug-likeness (QED) is 0.210. The second-order valence-corrected chi connectivity index (χ2v) is 9.86. The molecule has 6 nitrogen and oxygen atoms in total. The molecule has 6 heteroatoms. The molecule has 0 bridgehead atoms. The van der Waals surface area contributed by atoms with Crippen molar-refractivity contribution in [2.75, 3.05) is 19.5 Å². The Morgan fingerprint density at radius 2 is 1.59 bits per heavy atom. The number of fused-ring (bicyclic) bond motifs is 1. The van der Waals surface area contributed by atoms with Gasteiger partial charge in [-0.05, 0) is 60.9 Å². The third-order valence-corrected chi connectivity index (χ3v) is 6.63. The Balaban J connectivity index is 0.000000191. The molecule has 0 aliphatic carbocycles. The lowest BCUT2D eigenvalue weighted by Gasteiger charge is -2.13. The number of anilines is 2. The molecule has 0 atom stereocenters. The Labute approximate surface area is 242 Å². The van der Waals surface area contributed by atoms with Gasteiger partial charge in [-0.15, -0.1) is 0 Å². The van der Waals surface area contributed by atoms with Crippen molar-refractivity contribution >= 4 is 22.3 Å². The summed E-state index contributed by atoms with van der Waals surface area (Å²) < 4.78 is 16.5. The van der Waals surface area contributed by atoms with Gasteiger partial charge in [-0.1, -0.05) is 61.9 Å². The summed E-state index contributed by atoms with van der Waals surface area (Å²) in [5.41, 5.74) is 6.95. The highest BCUT2D eigenvalue weighted by Gasteiger charge is 2.10. The number of benzene rings is 4. The molecule has 0 fully saturated rings. The largest absolute Gasteiger partial charge is 0.493 e. The van der Waals surface area contributed by atoms with Crippen LogP contribution in [0, 0.1) is 18.3 Å². The van der Waals surface area contributed by atoms with E-state index in [0.29, 0.717) is 29.6 Å². The molecule has 0 aliphatic rings. The van der Waals surface area contributed by atoms with Gasteiger partial charge in [0, 0.05) is 34.6 Å². The highest BCUT2D eigenvalue weighted by molar-refractivity contribution is 5.95. The first-order valence-corrected chi connectivity index (χ1v) is 13.5. The monoisotopic (exact) mass is 545 g/mol. The number of aromatic nitrogens is 1. The lowest BCUT2D eigenvalue weighted by molar-refractivity contribution is 0.305. The van der Waals surface area contributed by atoms with Crippen molar-refractivity contribution in [3.63, 3.8) is 0 Å². The molecule has 5 aromatic rings. The summed E-state index contributed by atoms with van der Waals surface area (Å²) in [4.78, 5) is 4.41. The fourth-order valence-electron chi connectivity index (χ4n) is 4.25. The van der Waals surface area contributed by atoms with Crippen molar-refractivity contribution in [1.29, 1.82) is 5.26 Å². The molecule has 1 N–H and O–H groups in total. The molecular formula is C35H35N3O3. The second kappa shape index (κ2) is 13.9. The van der Waals surface area contributed by atoms with E-state index in [1.165, 1.54) is 11.1 Å². The minimum atomic E-state index is 0.422. The van der Waals surface area contributed by atoms with Crippen LogP contribution in [0.1, 0.15) is 42.0 Å². The van der Waals surface area contributed by atoms with Crippen molar-refractivity contribution in [2.45, 2.75) is 33.3 Å². The maximum absolute atomic E-state index is 9.03. The first-order chi connectivity index (χ1) is 19.9. The predicted octanol–water partition coefficient (Wildman–Crippen LogP) is 8.56. The summed E-state index contributed by atoms with van der Waals surface area (Å²) in [7, 11) is 3.26. The molecule has 41 heavy (non-hydrogen) atoms. The number of hydrogen-bond acceptors (Lipinski definition) is 6. The molecule has 5 rings (SSSR count). The predicted molar refractivity (Wildman–Crippen MR) is 165 cm³/mol. The van der Waals surface area contributed by atoms with Gasteiger partial charge in [0.25, 0.3) is 0 Å². The molecule has 0 saturated carbocycles. The van der Waals surface area contributed by atoms with E-state index in [4.69, 9.17) is 19.5 Å². The van der Waals surface area contributed by atoms with E-state index in [2.05, 4.69) is 73.5 Å². The number of nitrogens with one attached hydrogen (secondary N) is 1. The molecule has 0 amide bonds. The third kappa shape index (κ3) is 7.55. The van der Waals surface area contributed by atoms with Gasteiger partial charge in [0.1, 0.15) is 12.4 Å². The van der Waals surface area contributed by atoms with Crippen LogP contribution in [0.15, 0.2) is 97.2 Å². The van der Waals surface area contributed by atoms with Crippen molar-refractivity contribution in [2.24, 2.45) is 0 Å². The van der Waals surface area contributed by atoms with Crippen molar-refractivity contribution in [3.05, 3.63) is 119 Å². The van der Waals surface area contributed by atoms with Gasteiger partial charge in [-0.2, -0.15) is 5.26 Å². The van der Waals surface area contributed by atoms with Gasteiger partial charge in [0.15, 0.2) is 11.5 Å². The minimum absolute atomic E-state index is 0.422. The summed E-state index contributed by atoms with van der Waals surface area (Å²) in [6.07, 6.45) is 1.78. The Bertz CT molecular complexity index is 1640. The Morgan fingerprint density at radius 3 is 2.29 bits per heavy atom. The summed E-state index contributed by atoms with van der Waals surface area (Å²) in [5.74, 6) is 2.69. The molecule has 1 aromatic heterocycles. The van der Waals surface area contributed by atoms with Crippen LogP contribution in [0.5, 0.6) is 17.2 Å². The number of pyridine rings is 1. The third-order valence-electron chi connectivity index (χ3n) is 6.63. The van der Waals surface area contributed by atoms with Crippen LogP contribution >= 0.6 is 0 Å². The molecule has 4 aromatic carbocycles. The fourth-order valence-corrected chi connectivity index (χ4v) is 4.25. The van der Waals surface area contributed by atoms with E-state index in [9.17, 15) is 0 Å². The van der Waals surface area contributed by atoms with Crippen molar-refractivity contribution < 1.29 is 14.2 Å². The number of hydrogen-bond donors (Lipinski definition) is 1. The van der Waals surface area contributed by atoms with Crippen LogP contribution in [0.3, 0.4) is 0 Å². The van der Waals surface area contributed by atoms with Gasteiger partial charge >= 0.3 is 0 Å². The zero-order valence-corrected chi connectivity index (χ0v) is 24.1. The molecule has 0 aliphatic heterocycles. The van der Waals surface area contributed by atoms with E-state index >= 15 is 0 Å². The number of nitriles is 1. The van der Waals surface area contributed by atoms with E-state index in [1.807, 2.05) is 54.6 Å². The van der Waals surface area contributed by atoms with Gasteiger partial charge in [0.2, 0.25) is 0 Å². The molecule has 0 saturated heterocycles. The molecule has 0 unspecified atom stereocenters. The number of methoxy groups -OCH3 is 2. The summed E-state index contributed by atoms with van der Waals surface area (Å²) in [6, 6.07) is 31.8. The van der Waals surface area contributed by atoms with Crippen LogP contribution in [-0.2, 0) is 6.61 Å². The maximum Gasteiger partial charge on any atom is 0.162 e. The summed E-state index contributed by atoms with van der Waals surface area (Å²) in [6.45, 7) is 6.81. The van der Waals surface area contributed by atoms with Crippen LogP contribution in [0.25, 0.3) is 10.9 Å². The zero-order valence-electron chi connectivity index (χ0n) is 24.1. The van der Waals surface area contributed by atoms with Crippen LogP contribution < -0.4 is 19.5 Å². The molecule has 1 heterocycles. The average molecular weight is 546 g/mol. The Morgan fingerprint density at radius 1 is 0.854 bits per heavy atom. The molecule has 0 radical (unpaired) electrons. The highest BCUT2D eigenvalue weighted by atomic mass is 16.5. The number of ether oxygens (including phenoxy) is 3. The number of rotatable bonds is 8. The zero-order chi connectivity index (χ0) is 29.2. The first-order valence-electron chi connectivity index (χ1n) is 13.5. The molecular weight excluding hydrogens is 510 g/mol. The normalized spacial score (nSPS) is 10.4. The van der Waals surface area contributed by atoms with Gasteiger partial charge in [-0.25, -0.2) is 0 Å². The van der Waals surface area contributed by atoms with E-state index in [-0.39, 0.29) is 0 Å². The lowest BCUT2D eigenvalue weighted by atomic mass is 10.0. The average Bonchev–Trinajstić information content (AvgIpc) is 3.01. The number of aryl methyl sites for hydroxylation is 1. The second-order valence-electron chi connectivity index (χ2n) is 9.86. The van der Waals surface area contributed by atoms with Gasteiger partial charge in [-0.3, -0.25) is 4.98 Å². The standard InChI is InChI=1S/C18H18N2O2.C17H17NO/c1-12-4-6-13(7-5-12)20-15-8-9-19-16-11-18(22-3)17(21-2)10-14(15)16;1-13(2)14-8-5-9-17(10-14)19-12-16-7-4-3-6-15(16)11-18/h4-11H,1-3H3,(H,19,20);3-10,13H,12H2,1-2H3. The van der Waals surface area contributed by atoms with Crippen LogP contribution in [0.2, 0.25) is 0 Å². The lowest BCUT2D eigenvalue weighted by Crippen LogP contribution is -1.98. The molecule has 0 spiro atoms. The number of nitrogens with zero attached hydrogens (tertiary/aromatic N) is 2. The van der Waals surface area contributed by atoms with Gasteiger partial charge < -0.3 is 19.5 Å². The fraction of sp³-hybridized carbons (Fsp3) is 0.200. The first kappa shape index (κ1) is 29.0. The van der Waals surface area contributed by atoms with Crippen molar-refractivity contribution in [1.82, 2.24) is 4.98 Å². The highest BCUT2D eigenvalue weighted by Crippen LogP contribution is 2.35. The topological polar surface area (TPSA) is 76.4 Å². The van der Waals surface area contributed by atoms with E-state index in [0.717, 1.165) is 33.6 Å². The van der Waals surface area contributed by atoms with Gasteiger partial charge in [0.05, 0.1) is 31.4 Å². The minimum Gasteiger partial charge on any atom is -0.493 e. The van der Waals surface area contributed by atoms with Crippen molar-refractivity contribution in [3.8, 4) is 23.3 Å².